The highest BCUT2D eigenvalue weighted by Crippen LogP contribution is 2.20. The predicted octanol–water partition coefficient (Wildman–Crippen LogP) is -0.0132. The molecule has 4 N–H and O–H groups in total. The number of hydrogen-bond acceptors (Lipinski definition) is 6. The minimum absolute atomic E-state index is 0.202. The topological polar surface area (TPSA) is 99.4 Å². The van der Waals surface area contributed by atoms with Crippen LogP contribution in [0.4, 0.5) is 0 Å². The lowest BCUT2D eigenvalue weighted by Gasteiger charge is -2.27. The third kappa shape index (κ3) is 4.28. The van der Waals surface area contributed by atoms with Crippen molar-refractivity contribution in [1.29, 1.82) is 0 Å². The van der Waals surface area contributed by atoms with Crippen LogP contribution in [0.2, 0.25) is 0 Å². The first-order chi connectivity index (χ1) is 7.53. The molecule has 16 heavy (non-hydrogen) atoms. The fourth-order valence-electron chi connectivity index (χ4n) is 1.03. The smallest absolute Gasteiger partial charge is 0.178 e. The first-order valence-electron chi connectivity index (χ1n) is 4.40. The van der Waals surface area contributed by atoms with Crippen LogP contribution in [0.25, 0.3) is 0 Å². The molecule has 96 valence electrons. The normalized spacial score (nSPS) is 20.1. The molecular formula is C8H14Br2O6. The van der Waals surface area contributed by atoms with Gasteiger partial charge in [-0.1, -0.05) is 0 Å². The minimum atomic E-state index is -1.56. The van der Waals surface area contributed by atoms with Crippen LogP contribution >= 0.6 is 32.5 Å². The van der Waals surface area contributed by atoms with E-state index in [9.17, 15) is 10.2 Å². The zero-order valence-electron chi connectivity index (χ0n) is 8.46. The predicted molar refractivity (Wildman–Crippen MR) is 62.7 cm³/mol. The molecule has 0 rings (SSSR count). The third-order valence-corrected chi connectivity index (χ3v) is 2.77. The maximum absolute atomic E-state index is 9.69. The Kier molecular flexibility index (Phi) is 8.56. The van der Waals surface area contributed by atoms with Gasteiger partial charge in [0.05, 0.1) is 22.9 Å². The second kappa shape index (κ2) is 8.40. The van der Waals surface area contributed by atoms with Gasteiger partial charge in [0, 0.05) is 0 Å². The van der Waals surface area contributed by atoms with Gasteiger partial charge in [0.25, 0.3) is 0 Å². The summed E-state index contributed by atoms with van der Waals surface area (Å²) in [7, 11) is 0. The molecule has 0 spiro atoms. The molecule has 0 radical (unpaired) electrons. The van der Waals surface area contributed by atoms with E-state index in [-0.39, 0.29) is 5.76 Å². The van der Waals surface area contributed by atoms with E-state index in [2.05, 4.69) is 32.5 Å². The van der Waals surface area contributed by atoms with E-state index >= 15 is 0 Å². The first-order valence-corrected chi connectivity index (χ1v) is 5.70. The third-order valence-electron chi connectivity index (χ3n) is 1.99. The van der Waals surface area contributed by atoms with Crippen LogP contribution in [0, 0.1) is 0 Å². The quantitative estimate of drug-likeness (QED) is 0.473. The summed E-state index contributed by atoms with van der Waals surface area (Å²) in [5, 5.41) is 37.0. The van der Waals surface area contributed by atoms with Gasteiger partial charge < -0.3 is 24.3 Å². The highest BCUT2D eigenvalue weighted by Gasteiger charge is 2.34. The maximum atomic E-state index is 9.69. The van der Waals surface area contributed by atoms with E-state index in [1.165, 1.54) is 6.08 Å². The Hall–Kier alpha value is 0.300. The van der Waals surface area contributed by atoms with E-state index in [4.69, 9.17) is 17.9 Å². The number of halogens is 2. The van der Waals surface area contributed by atoms with Crippen molar-refractivity contribution in [2.24, 2.45) is 0 Å². The second-order valence-electron chi connectivity index (χ2n) is 3.01. The molecule has 0 saturated carbocycles. The Bertz CT molecular complexity index is 225. The Balaban J connectivity index is 4.70. The molecule has 0 aromatic heterocycles. The van der Waals surface area contributed by atoms with Gasteiger partial charge in [0.2, 0.25) is 0 Å². The molecule has 0 aromatic rings. The van der Waals surface area contributed by atoms with Gasteiger partial charge in [0.1, 0.15) is 24.1 Å². The number of hydrogen-bond donors (Lipinski definition) is 4. The van der Waals surface area contributed by atoms with Crippen LogP contribution in [0.15, 0.2) is 11.8 Å². The SMILES string of the molecule is CC=C(OBr)[C@H](OBr)[C@@H](O)[C@H](O)[C@H](O)CO. The van der Waals surface area contributed by atoms with Gasteiger partial charge >= 0.3 is 0 Å². The highest BCUT2D eigenvalue weighted by molar-refractivity contribution is 9.06. The lowest BCUT2D eigenvalue weighted by molar-refractivity contribution is -0.102. The van der Waals surface area contributed by atoms with Gasteiger partial charge in [-0.25, -0.2) is 0 Å². The summed E-state index contributed by atoms with van der Waals surface area (Å²) in [6, 6.07) is 0. The van der Waals surface area contributed by atoms with Crippen molar-refractivity contribution < 1.29 is 28.1 Å². The van der Waals surface area contributed by atoms with Crippen LogP contribution in [-0.4, -0.2) is 51.4 Å². The second-order valence-corrected chi connectivity index (χ2v) is 3.71. The van der Waals surface area contributed by atoms with Crippen LogP contribution in [0.3, 0.4) is 0 Å². The van der Waals surface area contributed by atoms with Crippen molar-refractivity contribution in [3.8, 4) is 0 Å². The fraction of sp³-hybridized carbons (Fsp3) is 0.750. The van der Waals surface area contributed by atoms with Gasteiger partial charge in [-0.2, -0.15) is 0 Å². The zero-order chi connectivity index (χ0) is 12.7. The average Bonchev–Trinajstić information content (AvgIpc) is 2.32. The van der Waals surface area contributed by atoms with Crippen molar-refractivity contribution in [3.63, 3.8) is 0 Å². The summed E-state index contributed by atoms with van der Waals surface area (Å²) < 4.78 is 9.50. The largest absolute Gasteiger partial charge is 0.420 e. The highest BCUT2D eigenvalue weighted by atomic mass is 79.9. The Morgan fingerprint density at radius 1 is 1.25 bits per heavy atom. The number of aliphatic hydroxyl groups excluding tert-OH is 4. The van der Waals surface area contributed by atoms with Crippen molar-refractivity contribution in [3.05, 3.63) is 11.8 Å². The summed E-state index contributed by atoms with van der Waals surface area (Å²) in [5.74, 6) is 0.202. The van der Waals surface area contributed by atoms with E-state index in [1.807, 2.05) is 0 Å². The Labute approximate surface area is 110 Å². The molecule has 0 amide bonds. The molecule has 4 atom stereocenters. The molecule has 0 aliphatic rings. The minimum Gasteiger partial charge on any atom is -0.420 e. The Morgan fingerprint density at radius 2 is 1.81 bits per heavy atom. The van der Waals surface area contributed by atoms with Crippen LogP contribution in [0.1, 0.15) is 6.92 Å². The van der Waals surface area contributed by atoms with Crippen molar-refractivity contribution in [2.45, 2.75) is 31.3 Å². The molecule has 8 heteroatoms. The number of rotatable bonds is 7. The van der Waals surface area contributed by atoms with E-state index in [1.54, 1.807) is 6.92 Å². The zero-order valence-corrected chi connectivity index (χ0v) is 11.6. The number of allylic oxidation sites excluding steroid dienone is 1. The summed E-state index contributed by atoms with van der Waals surface area (Å²) >= 11 is 5.40. The van der Waals surface area contributed by atoms with Crippen LogP contribution in [-0.2, 0) is 7.66 Å². The molecule has 0 fully saturated rings. The summed E-state index contributed by atoms with van der Waals surface area (Å²) in [4.78, 5) is 0. The maximum Gasteiger partial charge on any atom is 0.178 e. The summed E-state index contributed by atoms with van der Waals surface area (Å²) in [5.41, 5.74) is 0. The molecule has 0 aliphatic carbocycles. The van der Waals surface area contributed by atoms with Crippen LogP contribution < -0.4 is 0 Å². The lowest BCUT2D eigenvalue weighted by Crippen LogP contribution is -2.46. The summed E-state index contributed by atoms with van der Waals surface area (Å²) in [6.45, 7) is 0.963. The standard InChI is InChI=1S/C8H14Br2O6/c1-2-5(15-9)8(16-10)7(14)6(13)4(12)3-11/h2,4,6-8,11-14H,3H2,1H3/t4-,6-,7+,8+/m1/s1. The molecule has 0 unspecified atom stereocenters. The fourth-order valence-corrected chi connectivity index (χ4v) is 1.81. The van der Waals surface area contributed by atoms with Crippen molar-refractivity contribution in [2.75, 3.05) is 6.61 Å². The van der Waals surface area contributed by atoms with Gasteiger partial charge in [-0.15, -0.1) is 0 Å². The number of aliphatic hydroxyl groups is 4. The molecule has 0 bridgehead atoms. The molecule has 0 aliphatic heterocycles. The Morgan fingerprint density at radius 3 is 2.12 bits per heavy atom. The van der Waals surface area contributed by atoms with Gasteiger partial charge in [0.15, 0.2) is 22.4 Å². The van der Waals surface area contributed by atoms with Gasteiger partial charge in [-0.05, 0) is 13.0 Å². The molecule has 0 heterocycles. The molecule has 0 saturated heterocycles. The molecule has 6 nitrogen and oxygen atoms in total. The molecule has 0 aromatic carbocycles. The lowest BCUT2D eigenvalue weighted by atomic mass is 10.0. The van der Waals surface area contributed by atoms with Crippen molar-refractivity contribution >= 4 is 32.5 Å². The van der Waals surface area contributed by atoms with Gasteiger partial charge in [-0.3, -0.25) is 3.83 Å². The first kappa shape index (κ1) is 16.3. The van der Waals surface area contributed by atoms with Crippen LogP contribution in [0.5, 0.6) is 0 Å². The van der Waals surface area contributed by atoms with E-state index < -0.39 is 31.0 Å². The van der Waals surface area contributed by atoms with Crippen molar-refractivity contribution in [1.82, 2.24) is 0 Å². The monoisotopic (exact) mass is 364 g/mol. The average molecular weight is 366 g/mol. The van der Waals surface area contributed by atoms with E-state index in [0.717, 1.165) is 0 Å². The molecular weight excluding hydrogens is 352 g/mol. The summed E-state index contributed by atoms with van der Waals surface area (Å²) in [6.07, 6.45) is -4.02. The van der Waals surface area contributed by atoms with E-state index in [0.29, 0.717) is 0 Å².